The van der Waals surface area contributed by atoms with Crippen molar-refractivity contribution in [2.24, 2.45) is 17.6 Å². The van der Waals surface area contributed by atoms with Crippen molar-refractivity contribution in [1.82, 2.24) is 0 Å². The first-order valence-corrected chi connectivity index (χ1v) is 6.10. The molecule has 0 aliphatic heterocycles. The van der Waals surface area contributed by atoms with E-state index in [0.717, 1.165) is 11.8 Å². The molecule has 0 bridgehead atoms. The van der Waals surface area contributed by atoms with Crippen molar-refractivity contribution < 1.29 is 18.0 Å². The van der Waals surface area contributed by atoms with Crippen LogP contribution in [0.3, 0.4) is 0 Å². The minimum absolute atomic E-state index is 0.920. The second-order valence-corrected chi connectivity index (χ2v) is 5.00. The molecule has 2 N–H and O–H groups in total. The molecule has 0 saturated heterocycles. The predicted octanol–water partition coefficient (Wildman–Crippen LogP) is 3.65. The van der Waals surface area contributed by atoms with Gasteiger partial charge in [-0.3, -0.25) is 4.79 Å². The molecule has 1 aliphatic carbocycles. The smallest absolute Gasteiger partial charge is 0.362 e. The molecule has 0 spiro atoms. The molecule has 0 atom stereocenters. The lowest BCUT2D eigenvalue weighted by atomic mass is 9.84. The summed E-state index contributed by atoms with van der Waals surface area (Å²) in [4.78, 5) is 9.12. The lowest BCUT2D eigenvalue weighted by molar-refractivity contribution is -0.169. The molecule has 17 heavy (non-hydrogen) atoms. The Hall–Kier alpha value is -0.740. The van der Waals surface area contributed by atoms with Gasteiger partial charge in [0, 0.05) is 0 Å². The fourth-order valence-corrected chi connectivity index (χ4v) is 2.09. The van der Waals surface area contributed by atoms with Crippen LogP contribution in [0.15, 0.2) is 0 Å². The Balaban J connectivity index is 0.000000325. The van der Waals surface area contributed by atoms with E-state index < -0.39 is 12.1 Å². The fourth-order valence-electron chi connectivity index (χ4n) is 2.09. The van der Waals surface area contributed by atoms with E-state index in [4.69, 9.17) is 4.79 Å². The van der Waals surface area contributed by atoms with Gasteiger partial charge in [0.05, 0.1) is 0 Å². The summed E-state index contributed by atoms with van der Waals surface area (Å²) in [5.74, 6) is -0.260. The first kappa shape index (κ1) is 16.3. The molecule has 5 heteroatoms. The van der Waals surface area contributed by atoms with Gasteiger partial charge in [-0.15, -0.1) is 0 Å². The Kier molecular flexibility index (Phi) is 7.23. The summed E-state index contributed by atoms with van der Waals surface area (Å²) in [5.41, 5.74) is 3.81. The van der Waals surface area contributed by atoms with Crippen molar-refractivity contribution in [2.45, 2.75) is 58.5 Å². The highest BCUT2D eigenvalue weighted by molar-refractivity contribution is 5.79. The second kappa shape index (κ2) is 7.56. The molecule has 0 radical (unpaired) electrons. The number of carbonyl (C=O) groups is 1. The van der Waals surface area contributed by atoms with E-state index in [-0.39, 0.29) is 0 Å². The summed E-state index contributed by atoms with van der Waals surface area (Å²) in [6.45, 7) is 4.68. The monoisotopic (exact) mass is 253 g/mol. The molecule has 1 aliphatic rings. The first-order chi connectivity index (χ1) is 7.73. The summed E-state index contributed by atoms with van der Waals surface area (Å²) < 4.78 is 32.1. The Morgan fingerprint density at radius 1 is 1.24 bits per heavy atom. The minimum Gasteiger partial charge on any atom is -0.362 e. The molecular formula is C12H22F3NO. The van der Waals surface area contributed by atoms with E-state index in [9.17, 15) is 13.2 Å². The van der Waals surface area contributed by atoms with Crippen LogP contribution >= 0.6 is 0 Å². The minimum atomic E-state index is -4.86. The van der Waals surface area contributed by atoms with Gasteiger partial charge in [-0.1, -0.05) is 46.0 Å². The van der Waals surface area contributed by atoms with E-state index in [2.05, 4.69) is 19.6 Å². The van der Waals surface area contributed by atoms with Gasteiger partial charge in [-0.25, -0.2) is 0 Å². The first-order valence-electron chi connectivity index (χ1n) is 6.10. The third-order valence-corrected chi connectivity index (χ3v) is 2.81. The van der Waals surface area contributed by atoms with Crippen molar-refractivity contribution >= 4 is 5.91 Å². The number of nitrogens with two attached hydrogens (primary N) is 1. The summed E-state index contributed by atoms with van der Waals surface area (Å²) in [6, 6.07) is 0. The van der Waals surface area contributed by atoms with Gasteiger partial charge in [0.2, 0.25) is 0 Å². The highest BCUT2D eigenvalue weighted by Crippen LogP contribution is 2.28. The molecule has 1 amide bonds. The third-order valence-electron chi connectivity index (χ3n) is 2.81. The molecule has 1 saturated carbocycles. The lowest BCUT2D eigenvalue weighted by Gasteiger charge is -2.22. The Morgan fingerprint density at radius 3 is 1.94 bits per heavy atom. The van der Waals surface area contributed by atoms with Crippen molar-refractivity contribution in [3.8, 4) is 0 Å². The normalized spacial score (nSPS) is 17.5. The molecule has 1 rings (SSSR count). The number of alkyl halides is 3. The third kappa shape index (κ3) is 9.01. The topological polar surface area (TPSA) is 43.1 Å². The molecule has 102 valence electrons. The van der Waals surface area contributed by atoms with Crippen LogP contribution in [0.5, 0.6) is 0 Å². The van der Waals surface area contributed by atoms with Crippen LogP contribution in [-0.4, -0.2) is 12.1 Å². The van der Waals surface area contributed by atoms with E-state index in [0.29, 0.717) is 0 Å². The zero-order chi connectivity index (χ0) is 13.5. The zero-order valence-electron chi connectivity index (χ0n) is 10.5. The number of halogens is 3. The van der Waals surface area contributed by atoms with Crippen molar-refractivity contribution in [3.63, 3.8) is 0 Å². The molecule has 0 heterocycles. The van der Waals surface area contributed by atoms with E-state index >= 15 is 0 Å². The molecule has 0 unspecified atom stereocenters. The molecule has 0 aromatic heterocycles. The number of rotatable bonds is 2. The van der Waals surface area contributed by atoms with Crippen LogP contribution in [0.1, 0.15) is 52.4 Å². The van der Waals surface area contributed by atoms with Crippen molar-refractivity contribution in [1.29, 1.82) is 0 Å². The van der Waals surface area contributed by atoms with Crippen LogP contribution in [0.25, 0.3) is 0 Å². The summed E-state index contributed by atoms with van der Waals surface area (Å²) in [5, 5.41) is 0. The largest absolute Gasteiger partial charge is 0.470 e. The number of hydrogen-bond donors (Lipinski definition) is 1. The number of primary amides is 1. The number of carbonyl (C=O) groups excluding carboxylic acids is 1. The standard InChI is InChI=1S/C10H20.C2H2F3NO/c1-9(2)8-10-6-4-3-5-7-10;3-2(4,5)1(6)7/h9-10H,3-8H2,1-2H3;(H2,6,7). The quantitative estimate of drug-likeness (QED) is 0.802. The van der Waals surface area contributed by atoms with Gasteiger partial charge < -0.3 is 5.73 Å². The predicted molar refractivity (Wildman–Crippen MR) is 61.3 cm³/mol. The van der Waals surface area contributed by atoms with Crippen LogP contribution < -0.4 is 5.73 Å². The van der Waals surface area contributed by atoms with Gasteiger partial charge in [0.15, 0.2) is 0 Å². The Morgan fingerprint density at radius 2 is 1.65 bits per heavy atom. The van der Waals surface area contributed by atoms with E-state index in [1.165, 1.54) is 38.5 Å². The van der Waals surface area contributed by atoms with Gasteiger partial charge in [-0.05, 0) is 18.3 Å². The van der Waals surface area contributed by atoms with Crippen LogP contribution in [0.4, 0.5) is 13.2 Å². The highest BCUT2D eigenvalue weighted by Gasteiger charge is 2.35. The van der Waals surface area contributed by atoms with Crippen molar-refractivity contribution in [2.75, 3.05) is 0 Å². The Labute approximate surface area is 101 Å². The average molecular weight is 253 g/mol. The van der Waals surface area contributed by atoms with Crippen LogP contribution in [0, 0.1) is 11.8 Å². The molecular weight excluding hydrogens is 231 g/mol. The maximum Gasteiger partial charge on any atom is 0.470 e. The zero-order valence-corrected chi connectivity index (χ0v) is 10.5. The number of hydrogen-bond acceptors (Lipinski definition) is 1. The maximum atomic E-state index is 10.7. The fraction of sp³-hybridized carbons (Fsp3) is 0.917. The lowest BCUT2D eigenvalue weighted by Crippen LogP contribution is -2.30. The Bertz CT molecular complexity index is 220. The van der Waals surface area contributed by atoms with E-state index in [1.54, 1.807) is 0 Å². The van der Waals surface area contributed by atoms with Crippen molar-refractivity contribution in [3.05, 3.63) is 0 Å². The average Bonchev–Trinajstić information content (AvgIpc) is 2.17. The van der Waals surface area contributed by atoms with Crippen LogP contribution in [-0.2, 0) is 4.79 Å². The second-order valence-electron chi connectivity index (χ2n) is 5.00. The summed E-state index contributed by atoms with van der Waals surface area (Å²) in [6.07, 6.45) is 4.12. The molecule has 2 nitrogen and oxygen atoms in total. The molecule has 1 fully saturated rings. The van der Waals surface area contributed by atoms with Crippen LogP contribution in [0.2, 0.25) is 0 Å². The number of amides is 1. The van der Waals surface area contributed by atoms with Gasteiger partial charge in [0.1, 0.15) is 0 Å². The van der Waals surface area contributed by atoms with Gasteiger partial charge in [0.25, 0.3) is 0 Å². The summed E-state index contributed by atoms with van der Waals surface area (Å²) in [7, 11) is 0. The summed E-state index contributed by atoms with van der Waals surface area (Å²) >= 11 is 0. The highest BCUT2D eigenvalue weighted by atomic mass is 19.4. The molecule has 0 aromatic carbocycles. The molecule has 0 aromatic rings. The SMILES string of the molecule is CC(C)CC1CCCCC1.NC(=O)C(F)(F)F. The maximum absolute atomic E-state index is 10.7. The van der Waals surface area contributed by atoms with E-state index in [1.807, 2.05) is 0 Å². The van der Waals surface area contributed by atoms with Gasteiger partial charge >= 0.3 is 12.1 Å². The van der Waals surface area contributed by atoms with Gasteiger partial charge in [-0.2, -0.15) is 13.2 Å².